The van der Waals surface area contributed by atoms with Crippen LogP contribution in [0.1, 0.15) is 19.3 Å². The molecule has 0 amide bonds. The van der Waals surface area contributed by atoms with Gasteiger partial charge >= 0.3 is 0 Å². The summed E-state index contributed by atoms with van der Waals surface area (Å²) in [6.07, 6.45) is 11.1. The summed E-state index contributed by atoms with van der Waals surface area (Å²) in [6.45, 7) is 4.24. The minimum absolute atomic E-state index is 0.743. The lowest BCUT2D eigenvalue weighted by molar-refractivity contribution is 0.218. The molecule has 6 heteroatoms. The second-order valence-electron chi connectivity index (χ2n) is 6.36. The molecule has 4 rings (SSSR count). The van der Waals surface area contributed by atoms with Crippen LogP contribution < -0.4 is 0 Å². The first kappa shape index (κ1) is 15.9. The maximum Gasteiger partial charge on any atom is 0.181 e. The first-order valence-corrected chi connectivity index (χ1v) is 8.88. The Morgan fingerprint density at radius 2 is 1.40 bits per heavy atom. The number of aromatic nitrogens is 5. The minimum atomic E-state index is 0.743. The van der Waals surface area contributed by atoms with E-state index in [4.69, 9.17) is 10.1 Å². The summed E-state index contributed by atoms with van der Waals surface area (Å²) in [6, 6.07) is 7.86. The molecule has 1 aliphatic rings. The van der Waals surface area contributed by atoms with E-state index in [-0.39, 0.29) is 0 Å². The average molecular weight is 334 g/mol. The molecule has 0 spiro atoms. The Morgan fingerprint density at radius 3 is 2.08 bits per heavy atom. The number of hydrogen-bond acceptors (Lipinski definition) is 5. The third kappa shape index (κ3) is 3.74. The van der Waals surface area contributed by atoms with Crippen molar-refractivity contribution in [2.45, 2.75) is 25.8 Å². The molecule has 25 heavy (non-hydrogen) atoms. The fourth-order valence-electron chi connectivity index (χ4n) is 3.25. The first-order chi connectivity index (χ1) is 12.4. The lowest BCUT2D eigenvalue weighted by Crippen LogP contribution is -2.32. The summed E-state index contributed by atoms with van der Waals surface area (Å²) in [5.41, 5.74) is 2.03. The van der Waals surface area contributed by atoms with Gasteiger partial charge in [0.1, 0.15) is 0 Å². The molecule has 4 heterocycles. The van der Waals surface area contributed by atoms with Gasteiger partial charge < -0.3 is 4.90 Å². The molecule has 6 nitrogen and oxygen atoms in total. The Kier molecular flexibility index (Phi) is 4.79. The van der Waals surface area contributed by atoms with E-state index in [9.17, 15) is 0 Å². The summed E-state index contributed by atoms with van der Waals surface area (Å²) < 4.78 is 2.03. The van der Waals surface area contributed by atoms with Crippen LogP contribution in [0.15, 0.2) is 49.1 Å². The quantitative estimate of drug-likeness (QED) is 0.718. The van der Waals surface area contributed by atoms with E-state index in [1.807, 2.05) is 28.9 Å². The Labute approximate surface area is 147 Å². The van der Waals surface area contributed by atoms with Crippen molar-refractivity contribution in [2.24, 2.45) is 0 Å². The lowest BCUT2D eigenvalue weighted by atomic mass is 10.1. The van der Waals surface area contributed by atoms with Crippen molar-refractivity contribution in [3.05, 3.63) is 49.1 Å². The van der Waals surface area contributed by atoms with E-state index in [2.05, 4.69) is 14.9 Å². The Morgan fingerprint density at radius 1 is 0.760 bits per heavy atom. The van der Waals surface area contributed by atoms with Gasteiger partial charge in [-0.15, -0.1) is 0 Å². The van der Waals surface area contributed by atoms with E-state index < -0.39 is 0 Å². The monoisotopic (exact) mass is 334 g/mol. The molecule has 0 atom stereocenters. The Hall–Kier alpha value is -2.60. The summed E-state index contributed by atoms with van der Waals surface area (Å²) in [5, 5.41) is 4.77. The Bertz CT molecular complexity index is 793. The highest BCUT2D eigenvalue weighted by Crippen LogP contribution is 2.22. The van der Waals surface area contributed by atoms with Gasteiger partial charge in [0.2, 0.25) is 0 Å². The Balaban J connectivity index is 1.62. The van der Waals surface area contributed by atoms with Crippen molar-refractivity contribution < 1.29 is 0 Å². The lowest BCUT2D eigenvalue weighted by Gasteiger charge is -2.26. The van der Waals surface area contributed by atoms with Crippen LogP contribution in [0.4, 0.5) is 0 Å². The first-order valence-electron chi connectivity index (χ1n) is 8.88. The average Bonchev–Trinajstić information content (AvgIpc) is 3.13. The summed E-state index contributed by atoms with van der Waals surface area (Å²) in [5.74, 6) is 1.64. The topological polar surface area (TPSA) is 59.7 Å². The van der Waals surface area contributed by atoms with Crippen molar-refractivity contribution in [1.29, 1.82) is 0 Å². The standard InChI is InChI=1S/C19H22N6/c1-2-12-24(13-3-1)14-15-25-19(17-6-10-21-11-7-17)22-18(23-25)16-4-8-20-9-5-16/h4-11H,1-3,12-15H2. The van der Waals surface area contributed by atoms with Gasteiger partial charge in [0.05, 0.1) is 6.54 Å². The number of piperidine rings is 1. The second kappa shape index (κ2) is 7.53. The van der Waals surface area contributed by atoms with E-state index in [0.717, 1.165) is 35.9 Å². The molecule has 0 aromatic carbocycles. The third-order valence-corrected chi connectivity index (χ3v) is 4.63. The highest BCUT2D eigenvalue weighted by atomic mass is 15.4. The molecule has 1 fully saturated rings. The van der Waals surface area contributed by atoms with Gasteiger partial charge in [-0.3, -0.25) is 9.97 Å². The molecule has 1 saturated heterocycles. The number of hydrogen-bond donors (Lipinski definition) is 0. The van der Waals surface area contributed by atoms with E-state index in [1.54, 1.807) is 24.8 Å². The largest absolute Gasteiger partial charge is 0.301 e. The molecule has 0 N–H and O–H groups in total. The van der Waals surface area contributed by atoms with Crippen molar-refractivity contribution in [2.75, 3.05) is 19.6 Å². The van der Waals surface area contributed by atoms with E-state index in [0.29, 0.717) is 0 Å². The highest BCUT2D eigenvalue weighted by Gasteiger charge is 2.15. The van der Waals surface area contributed by atoms with Crippen LogP contribution in [-0.4, -0.2) is 49.3 Å². The zero-order chi connectivity index (χ0) is 16.9. The molecule has 3 aromatic heterocycles. The predicted molar refractivity (Wildman–Crippen MR) is 96.8 cm³/mol. The van der Waals surface area contributed by atoms with Crippen molar-refractivity contribution in [1.82, 2.24) is 29.6 Å². The molecule has 0 radical (unpaired) electrons. The van der Waals surface area contributed by atoms with Gasteiger partial charge in [-0.2, -0.15) is 5.10 Å². The van der Waals surface area contributed by atoms with Gasteiger partial charge in [0, 0.05) is 42.5 Å². The molecular formula is C19H22N6. The van der Waals surface area contributed by atoms with Crippen LogP contribution >= 0.6 is 0 Å². The molecule has 1 aliphatic heterocycles. The van der Waals surface area contributed by atoms with Gasteiger partial charge in [-0.25, -0.2) is 9.67 Å². The van der Waals surface area contributed by atoms with Crippen LogP contribution in [-0.2, 0) is 6.54 Å². The van der Waals surface area contributed by atoms with Crippen molar-refractivity contribution >= 4 is 0 Å². The van der Waals surface area contributed by atoms with Crippen LogP contribution in [0.2, 0.25) is 0 Å². The van der Waals surface area contributed by atoms with Crippen LogP contribution in [0.3, 0.4) is 0 Å². The number of pyridine rings is 2. The second-order valence-corrected chi connectivity index (χ2v) is 6.36. The van der Waals surface area contributed by atoms with Gasteiger partial charge in [0.15, 0.2) is 11.6 Å². The fraction of sp³-hybridized carbons (Fsp3) is 0.368. The molecular weight excluding hydrogens is 312 g/mol. The number of nitrogens with zero attached hydrogens (tertiary/aromatic N) is 6. The summed E-state index contributed by atoms with van der Waals surface area (Å²) >= 11 is 0. The van der Waals surface area contributed by atoms with Crippen LogP contribution in [0.25, 0.3) is 22.8 Å². The zero-order valence-electron chi connectivity index (χ0n) is 14.3. The third-order valence-electron chi connectivity index (χ3n) is 4.63. The number of likely N-dealkylation sites (tertiary alicyclic amines) is 1. The zero-order valence-corrected chi connectivity index (χ0v) is 14.3. The molecule has 0 aliphatic carbocycles. The predicted octanol–water partition coefficient (Wildman–Crippen LogP) is 2.89. The van der Waals surface area contributed by atoms with Crippen LogP contribution in [0, 0.1) is 0 Å². The molecule has 0 unspecified atom stereocenters. The molecule has 128 valence electrons. The van der Waals surface area contributed by atoms with Crippen molar-refractivity contribution in [3.8, 4) is 22.8 Å². The van der Waals surface area contributed by atoms with Gasteiger partial charge in [-0.05, 0) is 50.2 Å². The molecule has 0 saturated carbocycles. The van der Waals surface area contributed by atoms with Crippen molar-refractivity contribution in [3.63, 3.8) is 0 Å². The smallest absolute Gasteiger partial charge is 0.181 e. The van der Waals surface area contributed by atoms with Gasteiger partial charge in [-0.1, -0.05) is 6.42 Å². The maximum absolute atomic E-state index is 4.79. The highest BCUT2D eigenvalue weighted by molar-refractivity contribution is 5.60. The maximum atomic E-state index is 4.79. The van der Waals surface area contributed by atoms with E-state index in [1.165, 1.54) is 32.4 Å². The fourth-order valence-corrected chi connectivity index (χ4v) is 3.25. The molecule has 0 bridgehead atoms. The minimum Gasteiger partial charge on any atom is -0.301 e. The summed E-state index contributed by atoms with van der Waals surface area (Å²) in [4.78, 5) is 15.5. The molecule has 3 aromatic rings. The summed E-state index contributed by atoms with van der Waals surface area (Å²) in [7, 11) is 0. The van der Waals surface area contributed by atoms with E-state index >= 15 is 0 Å². The van der Waals surface area contributed by atoms with Crippen LogP contribution in [0.5, 0.6) is 0 Å². The normalized spacial score (nSPS) is 15.4. The SMILES string of the molecule is c1cc(-c2nc(-c3ccncc3)n(CCN3CCCCC3)n2)ccn1. The van der Waals surface area contributed by atoms with Gasteiger partial charge in [0.25, 0.3) is 0 Å². The number of rotatable bonds is 5.